The number of Topliss-reactive ketones (excluding diaryl/α,β-unsaturated/α-hetero) is 1. The van der Waals surface area contributed by atoms with Gasteiger partial charge >= 0.3 is 0 Å². The quantitative estimate of drug-likeness (QED) is 0.655. The molecular formula is C25H29F2NO3. The third-order valence-corrected chi connectivity index (χ3v) is 6.64. The lowest BCUT2D eigenvalue weighted by atomic mass is 9.83. The fourth-order valence-corrected chi connectivity index (χ4v) is 4.91. The maximum absolute atomic E-state index is 15.8. The highest BCUT2D eigenvalue weighted by atomic mass is 19.1. The summed E-state index contributed by atoms with van der Waals surface area (Å²) in [5.41, 5.74) is 0.622. The first-order valence-electron chi connectivity index (χ1n) is 10.8. The minimum atomic E-state index is -2.07. The summed E-state index contributed by atoms with van der Waals surface area (Å²) in [4.78, 5) is 15.3. The lowest BCUT2D eigenvalue weighted by Crippen LogP contribution is -2.39. The van der Waals surface area contributed by atoms with E-state index in [1.807, 2.05) is 0 Å². The van der Waals surface area contributed by atoms with Gasteiger partial charge in [-0.1, -0.05) is 29.8 Å². The Bertz CT molecular complexity index is 968. The largest absolute Gasteiger partial charge is 0.493 e. The van der Waals surface area contributed by atoms with Gasteiger partial charge in [-0.25, -0.2) is 8.78 Å². The Hall–Kier alpha value is -2.47. The number of hydrogen-bond donors (Lipinski definition) is 0. The lowest BCUT2D eigenvalue weighted by molar-refractivity contribution is 0.0584. The van der Waals surface area contributed by atoms with Crippen molar-refractivity contribution in [2.24, 2.45) is 5.92 Å². The molecule has 1 fully saturated rings. The standard InChI is InChI=1S/C25H29F2NO3/c1-16-4-6-18(7-5-16)15-28-10-8-17(9-11-28)13-25(27)14-19-12-20(30-2)23(31-3)22(26)21(19)24(25)29/h4-7,12,17H,8-11,13-15H2,1-3H3. The average molecular weight is 430 g/mol. The van der Waals surface area contributed by atoms with E-state index in [4.69, 9.17) is 9.47 Å². The summed E-state index contributed by atoms with van der Waals surface area (Å²) in [5.74, 6) is -1.45. The number of aryl methyl sites for hydroxylation is 1. The summed E-state index contributed by atoms with van der Waals surface area (Å²) in [5, 5.41) is 0. The normalized spacial score (nSPS) is 21.9. The van der Waals surface area contributed by atoms with E-state index in [0.29, 0.717) is 5.56 Å². The first kappa shape index (κ1) is 21.8. The van der Waals surface area contributed by atoms with Gasteiger partial charge in [0.25, 0.3) is 0 Å². The summed E-state index contributed by atoms with van der Waals surface area (Å²) in [7, 11) is 2.70. The second-order valence-corrected chi connectivity index (χ2v) is 8.84. The number of ether oxygens (including phenoxy) is 2. The number of halogens is 2. The van der Waals surface area contributed by atoms with Crippen molar-refractivity contribution in [1.29, 1.82) is 0 Å². The number of nitrogens with zero attached hydrogens (tertiary/aromatic N) is 1. The molecule has 6 heteroatoms. The van der Waals surface area contributed by atoms with Crippen LogP contribution in [0.5, 0.6) is 11.5 Å². The molecule has 1 saturated heterocycles. The number of carbonyl (C=O) groups is 1. The average Bonchev–Trinajstić information content (AvgIpc) is 3.01. The molecule has 0 bridgehead atoms. The van der Waals surface area contributed by atoms with Crippen LogP contribution >= 0.6 is 0 Å². The highest BCUT2D eigenvalue weighted by molar-refractivity contribution is 6.07. The molecule has 0 spiro atoms. The van der Waals surface area contributed by atoms with E-state index in [9.17, 15) is 9.18 Å². The minimum Gasteiger partial charge on any atom is -0.493 e. The van der Waals surface area contributed by atoms with Crippen molar-refractivity contribution in [3.05, 3.63) is 58.4 Å². The second-order valence-electron chi connectivity index (χ2n) is 8.84. The molecule has 2 aliphatic rings. The Morgan fingerprint density at radius 1 is 1.13 bits per heavy atom. The van der Waals surface area contributed by atoms with Gasteiger partial charge in [0, 0.05) is 13.0 Å². The van der Waals surface area contributed by atoms with Crippen molar-refractivity contribution in [1.82, 2.24) is 4.90 Å². The number of piperidine rings is 1. The van der Waals surface area contributed by atoms with Crippen LogP contribution in [0.1, 0.15) is 46.3 Å². The van der Waals surface area contributed by atoms with Crippen LogP contribution < -0.4 is 9.47 Å². The number of alkyl halides is 1. The molecule has 0 N–H and O–H groups in total. The van der Waals surface area contributed by atoms with Crippen LogP contribution in [-0.2, 0) is 13.0 Å². The lowest BCUT2D eigenvalue weighted by Gasteiger charge is -2.34. The van der Waals surface area contributed by atoms with Crippen LogP contribution in [0.25, 0.3) is 0 Å². The molecule has 31 heavy (non-hydrogen) atoms. The van der Waals surface area contributed by atoms with E-state index in [0.717, 1.165) is 32.5 Å². The van der Waals surface area contributed by atoms with E-state index >= 15 is 4.39 Å². The fourth-order valence-electron chi connectivity index (χ4n) is 4.91. The van der Waals surface area contributed by atoms with Gasteiger partial charge in [0.05, 0.1) is 19.8 Å². The zero-order valence-electron chi connectivity index (χ0n) is 18.3. The molecule has 1 aliphatic carbocycles. The van der Waals surface area contributed by atoms with E-state index < -0.39 is 17.3 Å². The van der Waals surface area contributed by atoms with Crippen LogP contribution in [0.2, 0.25) is 0 Å². The van der Waals surface area contributed by atoms with Crippen LogP contribution in [0.4, 0.5) is 8.78 Å². The molecule has 1 unspecified atom stereocenters. The van der Waals surface area contributed by atoms with Crippen molar-refractivity contribution in [3.8, 4) is 11.5 Å². The summed E-state index contributed by atoms with van der Waals surface area (Å²) in [6.07, 6.45) is 1.68. The van der Waals surface area contributed by atoms with E-state index in [2.05, 4.69) is 36.1 Å². The summed E-state index contributed by atoms with van der Waals surface area (Å²) < 4.78 is 40.9. The molecule has 4 nitrogen and oxygen atoms in total. The summed E-state index contributed by atoms with van der Waals surface area (Å²) in [6.45, 7) is 4.68. The Balaban J connectivity index is 1.41. The maximum atomic E-state index is 15.8. The van der Waals surface area contributed by atoms with Gasteiger partial charge in [0.1, 0.15) is 0 Å². The predicted molar refractivity (Wildman–Crippen MR) is 115 cm³/mol. The van der Waals surface area contributed by atoms with Crippen LogP contribution in [0.3, 0.4) is 0 Å². The number of benzene rings is 2. The first-order chi connectivity index (χ1) is 14.8. The van der Waals surface area contributed by atoms with Crippen molar-refractivity contribution in [3.63, 3.8) is 0 Å². The zero-order valence-corrected chi connectivity index (χ0v) is 18.3. The number of rotatable bonds is 6. The van der Waals surface area contributed by atoms with E-state index in [1.165, 1.54) is 31.4 Å². The first-order valence-corrected chi connectivity index (χ1v) is 10.8. The fraction of sp³-hybridized carbons (Fsp3) is 0.480. The Morgan fingerprint density at radius 2 is 1.81 bits per heavy atom. The number of carbonyl (C=O) groups excluding carboxylic acids is 1. The molecule has 166 valence electrons. The zero-order chi connectivity index (χ0) is 22.2. The minimum absolute atomic E-state index is 0.101. The van der Waals surface area contributed by atoms with Crippen LogP contribution in [0, 0.1) is 18.7 Å². The van der Waals surface area contributed by atoms with Crippen molar-refractivity contribution in [2.45, 2.75) is 44.8 Å². The molecule has 2 aromatic carbocycles. The summed E-state index contributed by atoms with van der Waals surface area (Å²) >= 11 is 0. The van der Waals surface area contributed by atoms with Crippen LogP contribution in [-0.4, -0.2) is 43.7 Å². The van der Waals surface area contributed by atoms with Gasteiger partial charge in [0.15, 0.2) is 23.0 Å². The molecule has 0 saturated carbocycles. The van der Waals surface area contributed by atoms with Gasteiger partial charge in [-0.05, 0) is 62.4 Å². The Labute approximate surface area is 182 Å². The monoisotopic (exact) mass is 429 g/mol. The van der Waals surface area contributed by atoms with Crippen LogP contribution in [0.15, 0.2) is 30.3 Å². The Morgan fingerprint density at radius 3 is 2.42 bits per heavy atom. The highest BCUT2D eigenvalue weighted by Crippen LogP contribution is 2.45. The maximum Gasteiger partial charge on any atom is 0.203 e. The molecule has 1 aliphatic heterocycles. The Kier molecular flexibility index (Phi) is 6.02. The third kappa shape index (κ3) is 4.18. The number of hydrogen-bond acceptors (Lipinski definition) is 4. The van der Waals surface area contributed by atoms with Crippen molar-refractivity contribution < 1.29 is 23.0 Å². The molecule has 1 heterocycles. The van der Waals surface area contributed by atoms with Gasteiger partial charge in [-0.3, -0.25) is 9.69 Å². The van der Waals surface area contributed by atoms with E-state index in [1.54, 1.807) is 0 Å². The predicted octanol–water partition coefficient (Wildman–Crippen LogP) is 4.90. The van der Waals surface area contributed by atoms with Gasteiger partial charge < -0.3 is 9.47 Å². The number of likely N-dealkylation sites (tertiary alicyclic amines) is 1. The molecule has 1 atom stereocenters. The molecular weight excluding hydrogens is 400 g/mol. The topological polar surface area (TPSA) is 38.8 Å². The second kappa shape index (κ2) is 8.58. The molecule has 4 rings (SSSR count). The third-order valence-electron chi connectivity index (χ3n) is 6.64. The van der Waals surface area contributed by atoms with Gasteiger partial charge in [-0.15, -0.1) is 0 Å². The van der Waals surface area contributed by atoms with Crippen molar-refractivity contribution >= 4 is 5.78 Å². The van der Waals surface area contributed by atoms with E-state index in [-0.39, 0.29) is 35.8 Å². The SMILES string of the molecule is COc1cc2c(c(F)c1OC)C(=O)C(F)(CC1CCN(Cc3ccc(C)cc3)CC1)C2. The molecule has 0 amide bonds. The van der Waals surface area contributed by atoms with Gasteiger partial charge in [0.2, 0.25) is 5.78 Å². The molecule has 0 aromatic heterocycles. The van der Waals surface area contributed by atoms with Gasteiger partial charge in [-0.2, -0.15) is 0 Å². The highest BCUT2D eigenvalue weighted by Gasteiger charge is 2.50. The number of ketones is 1. The number of fused-ring (bicyclic) bond motifs is 1. The smallest absolute Gasteiger partial charge is 0.203 e. The molecule has 2 aromatic rings. The number of methoxy groups -OCH3 is 2. The van der Waals surface area contributed by atoms with Crippen molar-refractivity contribution in [2.75, 3.05) is 27.3 Å². The summed E-state index contributed by atoms with van der Waals surface area (Å²) in [6, 6.07) is 10.0. The molecule has 0 radical (unpaired) electrons.